The fraction of sp³-hybridized carbons (Fsp3) is 0.500. The molecule has 1 aromatic carbocycles. The SMILES string of the molecule is CCSCc1ccc(C(=O)N(C)CCNC)cc1. The first-order chi connectivity index (χ1) is 8.69. The second kappa shape index (κ2) is 8.16. The smallest absolute Gasteiger partial charge is 0.253 e. The number of rotatable bonds is 7. The van der Waals surface area contributed by atoms with E-state index in [9.17, 15) is 4.79 Å². The Labute approximate surface area is 114 Å². The molecule has 0 spiro atoms. The minimum Gasteiger partial charge on any atom is -0.340 e. The molecule has 0 atom stereocenters. The first-order valence-electron chi connectivity index (χ1n) is 6.25. The molecule has 0 saturated heterocycles. The minimum absolute atomic E-state index is 0.0833. The number of nitrogens with zero attached hydrogens (tertiary/aromatic N) is 1. The first-order valence-corrected chi connectivity index (χ1v) is 7.41. The summed E-state index contributed by atoms with van der Waals surface area (Å²) in [6.45, 7) is 3.69. The molecule has 18 heavy (non-hydrogen) atoms. The molecule has 0 bridgehead atoms. The van der Waals surface area contributed by atoms with E-state index >= 15 is 0 Å². The Morgan fingerprint density at radius 2 is 2.00 bits per heavy atom. The average molecular weight is 266 g/mol. The fourth-order valence-corrected chi connectivity index (χ4v) is 2.20. The fourth-order valence-electron chi connectivity index (χ4n) is 1.56. The summed E-state index contributed by atoms with van der Waals surface area (Å²) in [4.78, 5) is 13.8. The van der Waals surface area contributed by atoms with Gasteiger partial charge in [0.25, 0.3) is 5.91 Å². The summed E-state index contributed by atoms with van der Waals surface area (Å²) in [5, 5.41) is 3.04. The zero-order valence-corrected chi connectivity index (χ0v) is 12.2. The second-order valence-corrected chi connectivity index (χ2v) is 5.44. The summed E-state index contributed by atoms with van der Waals surface area (Å²) in [7, 11) is 3.72. The van der Waals surface area contributed by atoms with Crippen molar-refractivity contribution in [2.75, 3.05) is 32.9 Å². The van der Waals surface area contributed by atoms with E-state index in [4.69, 9.17) is 0 Å². The molecule has 1 N–H and O–H groups in total. The lowest BCUT2D eigenvalue weighted by Crippen LogP contribution is -2.32. The lowest BCUT2D eigenvalue weighted by atomic mass is 10.1. The Morgan fingerprint density at radius 3 is 2.56 bits per heavy atom. The van der Waals surface area contributed by atoms with Crippen molar-refractivity contribution in [1.29, 1.82) is 0 Å². The zero-order valence-electron chi connectivity index (χ0n) is 11.4. The molecular weight excluding hydrogens is 244 g/mol. The summed E-state index contributed by atoms with van der Waals surface area (Å²) in [6, 6.07) is 7.93. The van der Waals surface area contributed by atoms with Gasteiger partial charge in [0.05, 0.1) is 0 Å². The third-order valence-corrected chi connectivity index (χ3v) is 3.66. The molecule has 0 aliphatic carbocycles. The quantitative estimate of drug-likeness (QED) is 0.821. The third kappa shape index (κ3) is 4.70. The van der Waals surface area contributed by atoms with Crippen LogP contribution in [0.4, 0.5) is 0 Å². The van der Waals surface area contributed by atoms with Crippen LogP contribution in [0.2, 0.25) is 0 Å². The van der Waals surface area contributed by atoms with Crippen molar-refractivity contribution < 1.29 is 4.79 Å². The van der Waals surface area contributed by atoms with Gasteiger partial charge in [0, 0.05) is 31.5 Å². The molecule has 0 aliphatic heterocycles. The number of benzene rings is 1. The molecule has 0 aliphatic rings. The van der Waals surface area contributed by atoms with Gasteiger partial charge in [-0.15, -0.1) is 0 Å². The summed E-state index contributed by atoms with van der Waals surface area (Å²) >= 11 is 1.89. The van der Waals surface area contributed by atoms with Crippen LogP contribution in [0.25, 0.3) is 0 Å². The maximum atomic E-state index is 12.1. The predicted octanol–water partition coefficient (Wildman–Crippen LogP) is 2.23. The Bertz CT molecular complexity index is 365. The molecule has 0 fully saturated rings. The highest BCUT2D eigenvalue weighted by molar-refractivity contribution is 7.98. The monoisotopic (exact) mass is 266 g/mol. The highest BCUT2D eigenvalue weighted by Gasteiger charge is 2.10. The first kappa shape index (κ1) is 15.1. The van der Waals surface area contributed by atoms with Crippen LogP contribution in [0.5, 0.6) is 0 Å². The normalized spacial score (nSPS) is 10.4. The third-order valence-electron chi connectivity index (χ3n) is 2.72. The number of likely N-dealkylation sites (N-methyl/N-ethyl adjacent to an activating group) is 2. The van der Waals surface area contributed by atoms with Gasteiger partial charge in [-0.3, -0.25) is 4.79 Å². The standard InChI is InChI=1S/C14H22N2OS/c1-4-18-11-12-5-7-13(8-6-12)14(17)16(3)10-9-15-2/h5-8,15H,4,9-11H2,1-3H3. The minimum atomic E-state index is 0.0833. The maximum absolute atomic E-state index is 12.1. The lowest BCUT2D eigenvalue weighted by molar-refractivity contribution is 0.0797. The molecule has 100 valence electrons. The molecule has 0 saturated carbocycles. The van der Waals surface area contributed by atoms with Crippen LogP contribution in [0, 0.1) is 0 Å². The Balaban J connectivity index is 2.58. The van der Waals surface area contributed by atoms with Crippen LogP contribution in [0.3, 0.4) is 0 Å². The van der Waals surface area contributed by atoms with Crippen LogP contribution < -0.4 is 5.32 Å². The summed E-state index contributed by atoms with van der Waals surface area (Å²) in [5.74, 6) is 2.22. The van der Waals surface area contributed by atoms with Crippen molar-refractivity contribution >= 4 is 17.7 Å². The van der Waals surface area contributed by atoms with E-state index < -0.39 is 0 Å². The molecule has 0 unspecified atom stereocenters. The highest BCUT2D eigenvalue weighted by Crippen LogP contribution is 2.13. The van der Waals surface area contributed by atoms with Crippen molar-refractivity contribution in [3.63, 3.8) is 0 Å². The van der Waals surface area contributed by atoms with Crippen LogP contribution in [-0.4, -0.2) is 43.7 Å². The van der Waals surface area contributed by atoms with Crippen molar-refractivity contribution in [3.05, 3.63) is 35.4 Å². The average Bonchev–Trinajstić information content (AvgIpc) is 2.42. The Hall–Kier alpha value is -1.00. The van der Waals surface area contributed by atoms with Gasteiger partial charge in [-0.2, -0.15) is 11.8 Å². The molecule has 3 nitrogen and oxygen atoms in total. The van der Waals surface area contributed by atoms with Crippen LogP contribution in [-0.2, 0) is 5.75 Å². The van der Waals surface area contributed by atoms with E-state index in [1.54, 1.807) is 4.90 Å². The molecule has 0 heterocycles. The van der Waals surface area contributed by atoms with E-state index in [1.165, 1.54) is 5.56 Å². The molecule has 1 amide bonds. The van der Waals surface area contributed by atoms with E-state index in [2.05, 4.69) is 12.2 Å². The lowest BCUT2D eigenvalue weighted by Gasteiger charge is -2.17. The number of hydrogen-bond donors (Lipinski definition) is 1. The van der Waals surface area contributed by atoms with Crippen molar-refractivity contribution in [2.45, 2.75) is 12.7 Å². The van der Waals surface area contributed by atoms with Gasteiger partial charge in [0.15, 0.2) is 0 Å². The molecule has 1 rings (SSSR count). The number of thioether (sulfide) groups is 1. The number of carbonyl (C=O) groups excluding carboxylic acids is 1. The van der Waals surface area contributed by atoms with E-state index in [1.807, 2.05) is 50.1 Å². The number of amides is 1. The highest BCUT2D eigenvalue weighted by atomic mass is 32.2. The van der Waals surface area contributed by atoms with E-state index in [0.717, 1.165) is 30.2 Å². The molecule has 0 radical (unpaired) electrons. The number of hydrogen-bond acceptors (Lipinski definition) is 3. The van der Waals surface area contributed by atoms with Crippen LogP contribution in [0.15, 0.2) is 24.3 Å². The summed E-state index contributed by atoms with van der Waals surface area (Å²) in [5.41, 5.74) is 2.04. The van der Waals surface area contributed by atoms with Gasteiger partial charge in [-0.05, 0) is 30.5 Å². The van der Waals surface area contributed by atoms with Crippen molar-refractivity contribution in [3.8, 4) is 0 Å². The van der Waals surface area contributed by atoms with Crippen molar-refractivity contribution in [1.82, 2.24) is 10.2 Å². The Kier molecular flexibility index (Phi) is 6.83. The van der Waals surface area contributed by atoms with Gasteiger partial charge in [-0.1, -0.05) is 19.1 Å². The molecular formula is C14H22N2OS. The van der Waals surface area contributed by atoms with E-state index in [-0.39, 0.29) is 5.91 Å². The van der Waals surface area contributed by atoms with Gasteiger partial charge < -0.3 is 10.2 Å². The predicted molar refractivity (Wildman–Crippen MR) is 79.2 cm³/mol. The number of nitrogens with one attached hydrogen (secondary N) is 1. The van der Waals surface area contributed by atoms with Gasteiger partial charge in [0.2, 0.25) is 0 Å². The molecule has 4 heteroatoms. The van der Waals surface area contributed by atoms with Crippen LogP contribution in [0.1, 0.15) is 22.8 Å². The van der Waals surface area contributed by atoms with Gasteiger partial charge in [0.1, 0.15) is 0 Å². The van der Waals surface area contributed by atoms with Gasteiger partial charge >= 0.3 is 0 Å². The zero-order chi connectivity index (χ0) is 13.4. The largest absolute Gasteiger partial charge is 0.340 e. The summed E-state index contributed by atoms with van der Waals surface area (Å²) < 4.78 is 0. The Morgan fingerprint density at radius 1 is 1.33 bits per heavy atom. The molecule has 0 aromatic heterocycles. The summed E-state index contributed by atoms with van der Waals surface area (Å²) in [6.07, 6.45) is 0. The van der Waals surface area contributed by atoms with E-state index in [0.29, 0.717) is 0 Å². The van der Waals surface area contributed by atoms with Gasteiger partial charge in [-0.25, -0.2) is 0 Å². The van der Waals surface area contributed by atoms with Crippen LogP contribution >= 0.6 is 11.8 Å². The topological polar surface area (TPSA) is 32.3 Å². The van der Waals surface area contributed by atoms with Crippen molar-refractivity contribution in [2.24, 2.45) is 0 Å². The maximum Gasteiger partial charge on any atom is 0.253 e. The number of carbonyl (C=O) groups is 1. The second-order valence-electron chi connectivity index (χ2n) is 4.16. The molecule has 1 aromatic rings.